The van der Waals surface area contributed by atoms with E-state index in [9.17, 15) is 0 Å². The van der Waals surface area contributed by atoms with Gasteiger partial charge in [0.05, 0.1) is 0 Å². The molecule has 8 aromatic rings. The van der Waals surface area contributed by atoms with Crippen molar-refractivity contribution in [3.8, 4) is 56.3 Å². The van der Waals surface area contributed by atoms with Gasteiger partial charge in [0.25, 0.3) is 0 Å². The summed E-state index contributed by atoms with van der Waals surface area (Å²) in [6, 6.07) is 45.1. The van der Waals surface area contributed by atoms with Crippen LogP contribution < -0.4 is 3.39 Å². The molecule has 5 heteroatoms. The van der Waals surface area contributed by atoms with Crippen molar-refractivity contribution in [2.45, 2.75) is 125 Å². The van der Waals surface area contributed by atoms with Crippen molar-refractivity contribution in [1.29, 1.82) is 0 Å². The predicted octanol–water partition coefficient (Wildman–Crippen LogP) is 16.4. The van der Waals surface area contributed by atoms with Crippen molar-refractivity contribution in [2.24, 2.45) is 0 Å². The number of benzene rings is 6. The van der Waals surface area contributed by atoms with Crippen molar-refractivity contribution >= 4 is 21.8 Å². The third kappa shape index (κ3) is 8.63. The molecule has 331 valence electrons. The minimum atomic E-state index is -0.196. The number of rotatable bonds is 7. The smallest absolute Gasteiger partial charge is 0.0508 e. The summed E-state index contributed by atoms with van der Waals surface area (Å²) >= 11 is 2.06. The van der Waals surface area contributed by atoms with E-state index in [0.717, 1.165) is 78.3 Å². The van der Waals surface area contributed by atoms with Crippen LogP contribution in [0.2, 0.25) is 0 Å². The number of hydrogen-bond donors (Lipinski definition) is 0. The topological polar surface area (TPSA) is 39.9 Å². The first-order valence-corrected chi connectivity index (χ1v) is 23.7. The fourth-order valence-electron chi connectivity index (χ4n) is 8.80. The van der Waals surface area contributed by atoms with Crippen LogP contribution in [0.15, 0.2) is 128 Å². The van der Waals surface area contributed by atoms with Gasteiger partial charge in [-0.05, 0) is 22.9 Å². The van der Waals surface area contributed by atoms with E-state index in [4.69, 9.17) is 13.4 Å². The van der Waals surface area contributed by atoms with Gasteiger partial charge in [-0.1, -0.05) is 32.0 Å². The third-order valence-corrected chi connectivity index (χ3v) is 13.2. The maximum absolute atomic E-state index is 6.49. The van der Waals surface area contributed by atoms with Crippen LogP contribution >= 0.6 is 0 Å². The first kappa shape index (κ1) is 45.3. The Morgan fingerprint density at radius 1 is 0.547 bits per heavy atom. The molecule has 2 heterocycles. The van der Waals surface area contributed by atoms with Crippen molar-refractivity contribution in [3.05, 3.63) is 155 Å². The molecule has 2 aromatic heterocycles. The average Bonchev–Trinajstić information content (AvgIpc) is 3.63. The molecule has 0 aliphatic rings. The third-order valence-electron chi connectivity index (χ3n) is 12.8. The van der Waals surface area contributed by atoms with Gasteiger partial charge >= 0.3 is 335 Å². The molecule has 0 spiro atoms. The van der Waals surface area contributed by atoms with Crippen LogP contribution in [0.4, 0.5) is 0 Å². The molecule has 0 saturated carbocycles. The molecule has 0 bridgehead atoms. The molecule has 64 heavy (non-hydrogen) atoms. The first-order chi connectivity index (χ1) is 30.0. The molecule has 0 aliphatic heterocycles. The second kappa shape index (κ2) is 16.6. The van der Waals surface area contributed by atoms with Crippen LogP contribution in [0.1, 0.15) is 131 Å². The fraction of sp³-hybridized carbons (Fsp3) is 0.322. The van der Waals surface area contributed by atoms with E-state index in [1.165, 1.54) is 27.6 Å². The summed E-state index contributed by atoms with van der Waals surface area (Å²) < 4.78 is 8.89. The molecule has 0 atom stereocenters. The predicted molar refractivity (Wildman–Crippen MR) is 268 cm³/mol. The summed E-state index contributed by atoms with van der Waals surface area (Å²) in [5, 5.41) is 2.36. The van der Waals surface area contributed by atoms with Gasteiger partial charge in [0, 0.05) is 6.20 Å². The number of para-hydroxylation sites is 1. The number of nitrogens with zero attached hydrogens (tertiary/aromatic N) is 3. The number of hydrogen-bond acceptors (Lipinski definition) is 3. The summed E-state index contributed by atoms with van der Waals surface area (Å²) in [6.07, 6.45) is 1.96. The molecular weight excluding hydrogens is 962 g/mol. The van der Waals surface area contributed by atoms with Gasteiger partial charge in [-0.3, -0.25) is 0 Å². The number of imidazole rings is 1. The molecule has 0 radical (unpaired) electrons. The van der Waals surface area contributed by atoms with Crippen molar-refractivity contribution in [3.63, 3.8) is 0 Å². The van der Waals surface area contributed by atoms with Crippen LogP contribution in [0.25, 0.3) is 72.4 Å². The van der Waals surface area contributed by atoms with Crippen LogP contribution in [0.3, 0.4) is 0 Å². The monoisotopic (exact) mass is 1030 g/mol. The fourth-order valence-corrected chi connectivity index (χ4v) is 9.30. The van der Waals surface area contributed by atoms with Gasteiger partial charge in [-0.15, -0.1) is 0 Å². The summed E-state index contributed by atoms with van der Waals surface area (Å²) in [4.78, 5) is 10.9. The Balaban J connectivity index is 1.50. The van der Waals surface area contributed by atoms with E-state index in [1.54, 1.807) is 0 Å². The second-order valence-corrected chi connectivity index (χ2v) is 22.6. The molecular formula is C59H64N3OPt. The maximum atomic E-state index is 6.49. The van der Waals surface area contributed by atoms with E-state index in [1.807, 2.05) is 6.20 Å². The van der Waals surface area contributed by atoms with Gasteiger partial charge in [0.15, 0.2) is 0 Å². The summed E-state index contributed by atoms with van der Waals surface area (Å²) in [5.74, 6) is 2.13. The minimum Gasteiger partial charge on any atom is -0.0508 e. The zero-order valence-electron chi connectivity index (χ0n) is 40.3. The van der Waals surface area contributed by atoms with E-state index in [0.29, 0.717) is 5.92 Å². The Kier molecular flexibility index (Phi) is 11.7. The summed E-state index contributed by atoms with van der Waals surface area (Å²) in [5.41, 5.74) is 16.3. The quantitative estimate of drug-likeness (QED) is 0.160. The second-order valence-electron chi connectivity index (χ2n) is 22.1. The van der Waals surface area contributed by atoms with Gasteiger partial charge < -0.3 is 0 Å². The number of pyridine rings is 1. The molecule has 4 nitrogen and oxygen atoms in total. The Labute approximate surface area is 393 Å². The van der Waals surface area contributed by atoms with E-state index >= 15 is 0 Å². The van der Waals surface area contributed by atoms with Crippen LogP contribution in [-0.2, 0) is 41.9 Å². The normalized spacial score (nSPS) is 12.8. The molecule has 6 aromatic carbocycles. The Morgan fingerprint density at radius 3 is 1.84 bits per heavy atom. The molecule has 0 saturated heterocycles. The van der Waals surface area contributed by atoms with Crippen LogP contribution in [0, 0.1) is 0 Å². The Hall–Kier alpha value is -5.31. The van der Waals surface area contributed by atoms with Crippen LogP contribution in [-0.4, -0.2) is 14.5 Å². The van der Waals surface area contributed by atoms with Crippen molar-refractivity contribution in [2.75, 3.05) is 0 Å². The zero-order valence-corrected chi connectivity index (χ0v) is 42.5. The first-order valence-electron chi connectivity index (χ1n) is 22.8. The molecule has 8 rings (SSSR count). The average molecular weight is 1030 g/mol. The van der Waals surface area contributed by atoms with E-state index in [-0.39, 0.29) is 21.7 Å². The Bertz CT molecular complexity index is 3040. The Morgan fingerprint density at radius 2 is 1.20 bits per heavy atom. The molecule has 0 fully saturated rings. The van der Waals surface area contributed by atoms with E-state index < -0.39 is 0 Å². The van der Waals surface area contributed by atoms with Crippen molar-refractivity contribution < 1.29 is 23.6 Å². The zero-order chi connectivity index (χ0) is 46.1. The number of fused-ring (bicyclic) bond motifs is 2. The van der Waals surface area contributed by atoms with Gasteiger partial charge in [-0.2, -0.15) is 0 Å². The molecule has 0 N–H and O–H groups in total. The van der Waals surface area contributed by atoms with E-state index in [2.05, 4.69) is 243 Å². The summed E-state index contributed by atoms with van der Waals surface area (Å²) in [7, 11) is 0. The van der Waals surface area contributed by atoms with Gasteiger partial charge in [-0.25, -0.2) is 0 Å². The molecule has 0 amide bonds. The van der Waals surface area contributed by atoms with Gasteiger partial charge in [0.1, 0.15) is 0 Å². The molecule has 0 aliphatic carbocycles. The van der Waals surface area contributed by atoms with Gasteiger partial charge in [0.2, 0.25) is 0 Å². The minimum absolute atomic E-state index is 0.0502. The molecule has 0 unspecified atom stereocenters. The number of aromatic nitrogens is 3. The van der Waals surface area contributed by atoms with Crippen molar-refractivity contribution in [1.82, 2.24) is 14.5 Å². The van der Waals surface area contributed by atoms with Crippen LogP contribution in [0.5, 0.6) is 5.75 Å². The standard InChI is InChI=1S/C59H65N3O.Pt/c1-36(2)38-23-25-46-39(29-38)27-28-60-52(46)41-30-40(31-43(32-41)57(6,7)8)45-21-18-22-51-53(45)61-55(48-34-44(58(9,10)11)35-49(54(48)63)59(12,13)14)62(51)50-26-24-42(56(3,4)5)33-47(50)37-19-16-15-17-20-37;/h15-36,63H,1-14H3;/q;+1/p-1. The summed E-state index contributed by atoms with van der Waals surface area (Å²) in [6.45, 7) is 31.9. The SMILES string of the molecule is CC(C)c1ccc2c(-c3cc(-c4cccc5c4nc(-c4cc(C(C)(C)C)cc(C(C)(C)C)c4[O][Pt])n5-c4ccc(C(C)(C)C)cc4-c4ccccc4)cc(C(C)(C)C)c3)nccc2c1.